The largest absolute Gasteiger partial charge is 0.349 e. The third kappa shape index (κ3) is 3.68. The van der Waals surface area contributed by atoms with Gasteiger partial charge < -0.3 is 5.32 Å². The Morgan fingerprint density at radius 2 is 1.83 bits per heavy atom. The summed E-state index contributed by atoms with van der Waals surface area (Å²) in [7, 11) is -3.97. The Bertz CT molecular complexity index is 848. The van der Waals surface area contributed by atoms with Crippen LogP contribution in [0.1, 0.15) is 23.2 Å². The van der Waals surface area contributed by atoms with Gasteiger partial charge in [-0.3, -0.25) is 9.52 Å². The number of carbonyl (C=O) groups is 1. The Hall–Kier alpha value is -2.41. The Morgan fingerprint density at radius 1 is 1.09 bits per heavy atom. The Kier molecular flexibility index (Phi) is 4.04. The van der Waals surface area contributed by atoms with Crippen LogP contribution in [0.25, 0.3) is 0 Å². The summed E-state index contributed by atoms with van der Waals surface area (Å²) in [5.41, 5.74) is 0.397. The summed E-state index contributed by atoms with van der Waals surface area (Å²) in [5.74, 6) is -0.974. The second-order valence-electron chi connectivity index (χ2n) is 5.36. The fourth-order valence-corrected chi connectivity index (χ4v) is 3.21. The van der Waals surface area contributed by atoms with Crippen molar-refractivity contribution in [3.05, 3.63) is 59.9 Å². The van der Waals surface area contributed by atoms with E-state index in [2.05, 4.69) is 10.0 Å². The number of nitrogens with one attached hydrogen (secondary N) is 2. The monoisotopic (exact) mass is 334 g/mol. The van der Waals surface area contributed by atoms with Crippen molar-refractivity contribution in [2.75, 3.05) is 4.72 Å². The molecule has 0 bridgehead atoms. The molecule has 0 aromatic heterocycles. The predicted octanol–water partition coefficient (Wildman–Crippen LogP) is 2.52. The lowest BCUT2D eigenvalue weighted by Crippen LogP contribution is -2.27. The first-order valence-electron chi connectivity index (χ1n) is 7.14. The van der Waals surface area contributed by atoms with E-state index in [0.717, 1.165) is 25.0 Å². The molecule has 2 aromatic rings. The first-order valence-corrected chi connectivity index (χ1v) is 8.62. The number of benzene rings is 2. The van der Waals surface area contributed by atoms with Gasteiger partial charge in [0.2, 0.25) is 0 Å². The summed E-state index contributed by atoms with van der Waals surface area (Å²) in [5, 5.41) is 2.81. The van der Waals surface area contributed by atoms with Crippen LogP contribution in [0.15, 0.2) is 53.4 Å². The van der Waals surface area contributed by atoms with Gasteiger partial charge in [0.1, 0.15) is 5.82 Å². The van der Waals surface area contributed by atoms with Crippen LogP contribution in [0.5, 0.6) is 0 Å². The molecule has 1 aliphatic rings. The molecule has 7 heteroatoms. The van der Waals surface area contributed by atoms with Crippen molar-refractivity contribution in [2.24, 2.45) is 0 Å². The smallest absolute Gasteiger partial charge is 0.262 e. The zero-order chi connectivity index (χ0) is 16.4. The zero-order valence-corrected chi connectivity index (χ0v) is 12.9. The van der Waals surface area contributed by atoms with E-state index < -0.39 is 15.8 Å². The van der Waals surface area contributed by atoms with E-state index in [9.17, 15) is 17.6 Å². The molecular weight excluding hydrogens is 319 g/mol. The number of sulfonamides is 1. The van der Waals surface area contributed by atoms with E-state index >= 15 is 0 Å². The van der Waals surface area contributed by atoms with Crippen LogP contribution < -0.4 is 10.0 Å². The molecule has 0 unspecified atom stereocenters. The molecule has 3 rings (SSSR count). The van der Waals surface area contributed by atoms with Gasteiger partial charge in [0, 0.05) is 6.04 Å². The Balaban J connectivity index is 1.88. The molecule has 2 N–H and O–H groups in total. The number of amides is 1. The highest BCUT2D eigenvalue weighted by Crippen LogP contribution is 2.23. The van der Waals surface area contributed by atoms with E-state index in [-0.39, 0.29) is 28.1 Å². The molecule has 0 heterocycles. The molecule has 2 aromatic carbocycles. The number of carbonyl (C=O) groups excluding carboxylic acids is 1. The number of hydrogen-bond donors (Lipinski definition) is 2. The van der Waals surface area contributed by atoms with Crippen molar-refractivity contribution in [3.63, 3.8) is 0 Å². The first kappa shape index (κ1) is 15.5. The second-order valence-corrected chi connectivity index (χ2v) is 7.04. The maximum absolute atomic E-state index is 13.2. The molecule has 23 heavy (non-hydrogen) atoms. The molecule has 1 aliphatic carbocycles. The van der Waals surface area contributed by atoms with Gasteiger partial charge in [-0.15, -0.1) is 0 Å². The molecule has 5 nitrogen and oxygen atoms in total. The van der Waals surface area contributed by atoms with Crippen molar-refractivity contribution in [1.82, 2.24) is 5.32 Å². The highest BCUT2D eigenvalue weighted by atomic mass is 32.2. The highest BCUT2D eigenvalue weighted by molar-refractivity contribution is 7.92. The number of anilines is 1. The van der Waals surface area contributed by atoms with E-state index in [0.29, 0.717) is 0 Å². The van der Waals surface area contributed by atoms with Gasteiger partial charge in [-0.25, -0.2) is 12.8 Å². The minimum atomic E-state index is -3.97. The van der Waals surface area contributed by atoms with Gasteiger partial charge >= 0.3 is 0 Å². The van der Waals surface area contributed by atoms with E-state index in [1.165, 1.54) is 18.2 Å². The fourth-order valence-electron chi connectivity index (χ4n) is 2.10. The number of halogens is 1. The number of hydrogen-bond acceptors (Lipinski definition) is 3. The molecule has 1 saturated carbocycles. The van der Waals surface area contributed by atoms with E-state index in [1.807, 2.05) is 0 Å². The van der Waals surface area contributed by atoms with Gasteiger partial charge in [0.15, 0.2) is 0 Å². The van der Waals surface area contributed by atoms with Crippen LogP contribution >= 0.6 is 0 Å². The summed E-state index contributed by atoms with van der Waals surface area (Å²) in [6, 6.07) is 11.2. The molecule has 0 radical (unpaired) electrons. The standard InChI is InChI=1S/C16H15FN2O3S/c17-11-4-3-5-13(10-11)23(21,22)19-15-7-2-1-6-14(15)16(20)18-12-8-9-12/h1-7,10,12,19H,8-9H2,(H,18,20). The lowest BCUT2D eigenvalue weighted by atomic mass is 10.1. The summed E-state index contributed by atoms with van der Waals surface area (Å²) in [6.07, 6.45) is 1.87. The number of para-hydroxylation sites is 1. The highest BCUT2D eigenvalue weighted by Gasteiger charge is 2.25. The third-order valence-electron chi connectivity index (χ3n) is 3.43. The van der Waals surface area contributed by atoms with Gasteiger partial charge in [-0.05, 0) is 43.2 Å². The topological polar surface area (TPSA) is 75.3 Å². The molecule has 0 atom stereocenters. The summed E-state index contributed by atoms with van der Waals surface area (Å²) in [6.45, 7) is 0. The summed E-state index contributed by atoms with van der Waals surface area (Å²) >= 11 is 0. The van der Waals surface area contributed by atoms with Gasteiger partial charge in [-0.2, -0.15) is 0 Å². The van der Waals surface area contributed by atoms with Crippen molar-refractivity contribution < 1.29 is 17.6 Å². The van der Waals surface area contributed by atoms with Crippen LogP contribution in [-0.4, -0.2) is 20.4 Å². The average Bonchev–Trinajstić information content (AvgIpc) is 3.31. The lowest BCUT2D eigenvalue weighted by Gasteiger charge is -2.12. The van der Waals surface area contributed by atoms with E-state index in [1.54, 1.807) is 18.2 Å². The van der Waals surface area contributed by atoms with Crippen LogP contribution in [0, 0.1) is 5.82 Å². The van der Waals surface area contributed by atoms with Crippen LogP contribution in [-0.2, 0) is 10.0 Å². The quantitative estimate of drug-likeness (QED) is 0.882. The Labute approximate surface area is 133 Å². The van der Waals surface area contributed by atoms with Crippen LogP contribution in [0.4, 0.5) is 10.1 Å². The third-order valence-corrected chi connectivity index (χ3v) is 4.80. The molecular formula is C16H15FN2O3S. The number of rotatable bonds is 5. The predicted molar refractivity (Wildman–Crippen MR) is 84.1 cm³/mol. The zero-order valence-electron chi connectivity index (χ0n) is 12.1. The van der Waals surface area contributed by atoms with Crippen LogP contribution in [0.2, 0.25) is 0 Å². The minimum Gasteiger partial charge on any atom is -0.349 e. The normalized spacial score (nSPS) is 14.3. The molecule has 1 amide bonds. The van der Waals surface area contributed by atoms with Gasteiger partial charge in [0.25, 0.3) is 15.9 Å². The molecule has 0 saturated heterocycles. The van der Waals surface area contributed by atoms with E-state index in [4.69, 9.17) is 0 Å². The maximum atomic E-state index is 13.2. The van der Waals surface area contributed by atoms with Gasteiger partial charge in [-0.1, -0.05) is 18.2 Å². The van der Waals surface area contributed by atoms with Crippen molar-refractivity contribution in [1.29, 1.82) is 0 Å². The molecule has 1 fully saturated rings. The SMILES string of the molecule is O=C(NC1CC1)c1ccccc1NS(=O)(=O)c1cccc(F)c1. The maximum Gasteiger partial charge on any atom is 0.262 e. The lowest BCUT2D eigenvalue weighted by molar-refractivity contribution is 0.0952. The summed E-state index contributed by atoms with van der Waals surface area (Å²) in [4.78, 5) is 12.0. The molecule has 0 aliphatic heterocycles. The summed E-state index contributed by atoms with van der Waals surface area (Å²) < 4.78 is 40.3. The first-order chi connectivity index (χ1) is 11.0. The fraction of sp³-hybridized carbons (Fsp3) is 0.188. The molecule has 120 valence electrons. The average molecular weight is 334 g/mol. The van der Waals surface area contributed by atoms with Gasteiger partial charge in [0.05, 0.1) is 16.1 Å². The van der Waals surface area contributed by atoms with Crippen molar-refractivity contribution in [2.45, 2.75) is 23.8 Å². The second kappa shape index (κ2) is 6.00. The van der Waals surface area contributed by atoms with Crippen LogP contribution in [0.3, 0.4) is 0 Å². The van der Waals surface area contributed by atoms with Crippen molar-refractivity contribution in [3.8, 4) is 0 Å². The van der Waals surface area contributed by atoms with Crippen molar-refractivity contribution >= 4 is 21.6 Å². The Morgan fingerprint density at radius 3 is 2.52 bits per heavy atom. The molecule has 0 spiro atoms. The minimum absolute atomic E-state index is 0.162.